The van der Waals surface area contributed by atoms with Crippen LogP contribution in [-0.4, -0.2) is 35.5 Å². The van der Waals surface area contributed by atoms with Crippen LogP contribution in [0.5, 0.6) is 0 Å². The minimum atomic E-state index is -0.0937. The molecule has 0 aliphatic carbocycles. The van der Waals surface area contributed by atoms with Crippen LogP contribution in [0.1, 0.15) is 22.1 Å². The van der Waals surface area contributed by atoms with E-state index in [2.05, 4.69) is 4.98 Å². The van der Waals surface area contributed by atoms with Crippen molar-refractivity contribution in [2.75, 3.05) is 19.8 Å². The molecule has 108 valence electrons. The van der Waals surface area contributed by atoms with E-state index in [-0.39, 0.29) is 11.9 Å². The maximum absolute atomic E-state index is 12.7. The molecule has 0 radical (unpaired) electrons. The van der Waals surface area contributed by atoms with Gasteiger partial charge in [-0.2, -0.15) is 0 Å². The molecule has 1 atom stereocenters. The van der Waals surface area contributed by atoms with Crippen molar-refractivity contribution in [1.82, 2.24) is 9.88 Å². The van der Waals surface area contributed by atoms with Gasteiger partial charge >= 0.3 is 0 Å². The average Bonchev–Trinajstić information content (AvgIpc) is 2.56. The van der Waals surface area contributed by atoms with Crippen LogP contribution in [0.2, 0.25) is 5.02 Å². The van der Waals surface area contributed by atoms with Gasteiger partial charge < -0.3 is 9.64 Å². The Morgan fingerprint density at radius 1 is 1.24 bits per heavy atom. The van der Waals surface area contributed by atoms with Crippen molar-refractivity contribution < 1.29 is 9.53 Å². The summed E-state index contributed by atoms with van der Waals surface area (Å²) in [5, 5.41) is 0.521. The van der Waals surface area contributed by atoms with Crippen molar-refractivity contribution in [3.8, 4) is 0 Å². The monoisotopic (exact) mass is 302 g/mol. The molecule has 0 saturated carbocycles. The molecular formula is C16H15ClN2O2. The number of rotatable bonds is 2. The SMILES string of the molecule is O=C(c1ccc(Cl)cn1)N1CCOCC1c1ccccc1. The van der Waals surface area contributed by atoms with Crippen LogP contribution >= 0.6 is 11.6 Å². The summed E-state index contributed by atoms with van der Waals surface area (Å²) in [6.45, 7) is 1.61. The molecule has 2 heterocycles. The van der Waals surface area contributed by atoms with E-state index in [4.69, 9.17) is 16.3 Å². The molecule has 1 saturated heterocycles. The smallest absolute Gasteiger partial charge is 0.273 e. The highest BCUT2D eigenvalue weighted by atomic mass is 35.5. The van der Waals surface area contributed by atoms with Crippen molar-refractivity contribution in [3.05, 3.63) is 64.9 Å². The fourth-order valence-electron chi connectivity index (χ4n) is 2.45. The van der Waals surface area contributed by atoms with Gasteiger partial charge in [-0.25, -0.2) is 4.98 Å². The zero-order valence-electron chi connectivity index (χ0n) is 11.4. The average molecular weight is 303 g/mol. The number of halogens is 1. The number of morpholine rings is 1. The topological polar surface area (TPSA) is 42.4 Å². The lowest BCUT2D eigenvalue weighted by Gasteiger charge is -2.35. The minimum absolute atomic E-state index is 0.0788. The third-order valence-corrected chi connectivity index (χ3v) is 3.74. The van der Waals surface area contributed by atoms with Crippen LogP contribution in [0.3, 0.4) is 0 Å². The first-order valence-electron chi connectivity index (χ1n) is 6.81. The Hall–Kier alpha value is -1.91. The molecule has 3 rings (SSSR count). The van der Waals surface area contributed by atoms with Crippen molar-refractivity contribution in [2.24, 2.45) is 0 Å². The third-order valence-electron chi connectivity index (χ3n) is 3.52. The molecule has 4 nitrogen and oxygen atoms in total. The number of hydrogen-bond acceptors (Lipinski definition) is 3. The Kier molecular flexibility index (Phi) is 4.18. The summed E-state index contributed by atoms with van der Waals surface area (Å²) in [4.78, 5) is 18.6. The number of amides is 1. The number of pyridine rings is 1. The van der Waals surface area contributed by atoms with E-state index in [1.807, 2.05) is 35.2 Å². The van der Waals surface area contributed by atoms with Crippen LogP contribution in [0, 0.1) is 0 Å². The van der Waals surface area contributed by atoms with Crippen LogP contribution in [0.25, 0.3) is 0 Å². The zero-order valence-corrected chi connectivity index (χ0v) is 12.2. The Balaban J connectivity index is 1.87. The van der Waals surface area contributed by atoms with Gasteiger partial charge in [0.1, 0.15) is 5.69 Å². The molecule has 1 aromatic heterocycles. The molecule has 1 fully saturated rings. The summed E-state index contributed by atoms with van der Waals surface area (Å²) in [5.74, 6) is -0.0937. The van der Waals surface area contributed by atoms with Gasteiger partial charge in [-0.1, -0.05) is 41.9 Å². The fraction of sp³-hybridized carbons (Fsp3) is 0.250. The maximum atomic E-state index is 12.7. The van der Waals surface area contributed by atoms with Crippen LogP contribution in [0.15, 0.2) is 48.7 Å². The number of carbonyl (C=O) groups excluding carboxylic acids is 1. The van der Waals surface area contributed by atoms with E-state index in [0.717, 1.165) is 5.56 Å². The first-order valence-corrected chi connectivity index (χ1v) is 7.19. The number of carbonyl (C=O) groups is 1. The highest BCUT2D eigenvalue weighted by Gasteiger charge is 2.29. The molecule has 0 bridgehead atoms. The predicted molar refractivity (Wildman–Crippen MR) is 80.3 cm³/mol. The van der Waals surface area contributed by atoms with E-state index in [0.29, 0.717) is 30.5 Å². The quantitative estimate of drug-likeness (QED) is 0.856. The Labute approximate surface area is 128 Å². The van der Waals surface area contributed by atoms with E-state index in [9.17, 15) is 4.79 Å². The molecule has 1 aliphatic rings. The summed E-state index contributed by atoms with van der Waals surface area (Å²) in [7, 11) is 0. The van der Waals surface area contributed by atoms with Gasteiger partial charge in [0, 0.05) is 12.7 Å². The molecule has 0 spiro atoms. The van der Waals surface area contributed by atoms with Crippen molar-refractivity contribution in [2.45, 2.75) is 6.04 Å². The summed E-state index contributed by atoms with van der Waals surface area (Å²) in [6, 6.07) is 13.2. The lowest BCUT2D eigenvalue weighted by Crippen LogP contribution is -2.43. The van der Waals surface area contributed by atoms with E-state index < -0.39 is 0 Å². The molecule has 5 heteroatoms. The van der Waals surface area contributed by atoms with E-state index in [1.165, 1.54) is 6.20 Å². The van der Waals surface area contributed by atoms with Crippen molar-refractivity contribution in [1.29, 1.82) is 0 Å². The number of hydrogen-bond donors (Lipinski definition) is 0. The van der Waals surface area contributed by atoms with Crippen LogP contribution < -0.4 is 0 Å². The summed E-state index contributed by atoms with van der Waals surface area (Å²) >= 11 is 5.82. The third kappa shape index (κ3) is 3.06. The van der Waals surface area contributed by atoms with Gasteiger partial charge in [0.15, 0.2) is 0 Å². The second-order valence-corrected chi connectivity index (χ2v) is 5.30. The van der Waals surface area contributed by atoms with Gasteiger partial charge in [0.2, 0.25) is 0 Å². The predicted octanol–water partition coefficient (Wildman–Crippen LogP) is 2.95. The largest absolute Gasteiger partial charge is 0.377 e. The normalized spacial score (nSPS) is 18.5. The summed E-state index contributed by atoms with van der Waals surface area (Å²) in [5.41, 5.74) is 1.47. The molecule has 1 unspecified atom stereocenters. The maximum Gasteiger partial charge on any atom is 0.273 e. The van der Waals surface area contributed by atoms with Gasteiger partial charge in [0.25, 0.3) is 5.91 Å². The Bertz CT molecular complexity index is 616. The summed E-state index contributed by atoms with van der Waals surface area (Å²) < 4.78 is 5.54. The molecule has 0 N–H and O–H groups in total. The standard InChI is InChI=1S/C16H15ClN2O2/c17-13-6-7-14(18-10-13)16(20)19-8-9-21-11-15(19)12-4-2-1-3-5-12/h1-7,10,15H,8-9,11H2. The lowest BCUT2D eigenvalue weighted by atomic mass is 10.0. The van der Waals surface area contributed by atoms with Crippen molar-refractivity contribution >= 4 is 17.5 Å². The Morgan fingerprint density at radius 3 is 2.76 bits per heavy atom. The highest BCUT2D eigenvalue weighted by Crippen LogP contribution is 2.25. The highest BCUT2D eigenvalue weighted by molar-refractivity contribution is 6.30. The van der Waals surface area contributed by atoms with Crippen molar-refractivity contribution in [3.63, 3.8) is 0 Å². The second-order valence-electron chi connectivity index (χ2n) is 4.86. The van der Waals surface area contributed by atoms with E-state index in [1.54, 1.807) is 12.1 Å². The van der Waals surface area contributed by atoms with Gasteiger partial charge in [-0.05, 0) is 17.7 Å². The van der Waals surface area contributed by atoms with Gasteiger partial charge in [-0.3, -0.25) is 4.79 Å². The van der Waals surface area contributed by atoms with Crippen LogP contribution in [-0.2, 0) is 4.74 Å². The molecule has 1 aliphatic heterocycles. The molecule has 2 aromatic rings. The molecule has 1 amide bonds. The number of aromatic nitrogens is 1. The van der Waals surface area contributed by atoms with Crippen LogP contribution in [0.4, 0.5) is 0 Å². The van der Waals surface area contributed by atoms with E-state index >= 15 is 0 Å². The molecular weight excluding hydrogens is 288 g/mol. The lowest BCUT2D eigenvalue weighted by molar-refractivity contribution is -0.00300. The molecule has 1 aromatic carbocycles. The summed E-state index contributed by atoms with van der Waals surface area (Å²) in [6.07, 6.45) is 1.49. The van der Waals surface area contributed by atoms with Gasteiger partial charge in [-0.15, -0.1) is 0 Å². The number of benzene rings is 1. The number of ether oxygens (including phenoxy) is 1. The zero-order chi connectivity index (χ0) is 14.7. The Morgan fingerprint density at radius 2 is 2.05 bits per heavy atom. The molecule has 21 heavy (non-hydrogen) atoms. The number of nitrogens with zero attached hydrogens (tertiary/aromatic N) is 2. The first-order chi connectivity index (χ1) is 10.3. The first kappa shape index (κ1) is 14.0. The minimum Gasteiger partial charge on any atom is -0.377 e. The van der Waals surface area contributed by atoms with Gasteiger partial charge in [0.05, 0.1) is 24.3 Å². The fourth-order valence-corrected chi connectivity index (χ4v) is 2.56. The second kappa shape index (κ2) is 6.24.